The number of nitrogens with one attached hydrogen (secondary N) is 1. The molecular weight excluding hydrogens is 347 g/mol. The molecule has 1 saturated heterocycles. The van der Waals surface area contributed by atoms with Crippen LogP contribution in [0.5, 0.6) is 0 Å². The molecule has 1 fully saturated rings. The van der Waals surface area contributed by atoms with E-state index in [1.54, 1.807) is 36.4 Å². The van der Waals surface area contributed by atoms with E-state index in [1.165, 1.54) is 12.1 Å². The second kappa shape index (κ2) is 7.28. The van der Waals surface area contributed by atoms with Crippen molar-refractivity contribution in [3.8, 4) is 22.8 Å². The van der Waals surface area contributed by atoms with Crippen LogP contribution < -0.4 is 5.32 Å². The number of rotatable bonds is 3. The van der Waals surface area contributed by atoms with Gasteiger partial charge in [0.05, 0.1) is 0 Å². The summed E-state index contributed by atoms with van der Waals surface area (Å²) in [5.74, 6) is 0.442. The third-order valence-corrected chi connectivity index (χ3v) is 4.67. The number of hydrogen-bond acceptors (Lipinski definition) is 5. The minimum Gasteiger partial charge on any atom is -0.334 e. The largest absolute Gasteiger partial charge is 0.334 e. The van der Waals surface area contributed by atoms with E-state index in [1.807, 2.05) is 11.8 Å². The Morgan fingerprint density at radius 3 is 2.56 bits per heavy atom. The van der Waals surface area contributed by atoms with E-state index in [0.717, 1.165) is 18.7 Å². The molecule has 6 nitrogen and oxygen atoms in total. The molecule has 4 rings (SSSR count). The molecule has 0 radical (unpaired) electrons. The van der Waals surface area contributed by atoms with Gasteiger partial charge in [0.25, 0.3) is 11.8 Å². The van der Waals surface area contributed by atoms with Crippen molar-refractivity contribution >= 4 is 5.91 Å². The molecule has 2 aromatic carbocycles. The Hall–Kier alpha value is -3.06. The molecule has 0 unspecified atom stereocenters. The number of piperazine rings is 1. The Balaban J connectivity index is 1.52. The molecule has 3 aromatic rings. The standard InChI is InChI=1S/C20H19FN4O2/c1-13-12-22-10-11-25(13)20(26)16-4-2-14(3-5-16)18-23-19(27-24-18)15-6-8-17(21)9-7-15/h2-9,13,22H,10-12H2,1H3/t13-/m0/s1. The lowest BCUT2D eigenvalue weighted by Gasteiger charge is -2.34. The third-order valence-electron chi connectivity index (χ3n) is 4.67. The Morgan fingerprint density at radius 2 is 1.85 bits per heavy atom. The molecule has 0 saturated carbocycles. The fourth-order valence-corrected chi connectivity index (χ4v) is 3.12. The molecule has 0 bridgehead atoms. The quantitative estimate of drug-likeness (QED) is 0.772. The Morgan fingerprint density at radius 1 is 1.15 bits per heavy atom. The van der Waals surface area contributed by atoms with Crippen molar-refractivity contribution in [2.75, 3.05) is 19.6 Å². The second-order valence-corrected chi connectivity index (χ2v) is 6.56. The van der Waals surface area contributed by atoms with Crippen LogP contribution >= 0.6 is 0 Å². The maximum atomic E-state index is 13.0. The Bertz CT molecular complexity index is 937. The summed E-state index contributed by atoms with van der Waals surface area (Å²) in [6, 6.07) is 13.2. The number of hydrogen-bond donors (Lipinski definition) is 1. The molecule has 7 heteroatoms. The first kappa shape index (κ1) is 17.4. The highest BCUT2D eigenvalue weighted by Crippen LogP contribution is 2.23. The molecule has 1 aromatic heterocycles. The summed E-state index contributed by atoms with van der Waals surface area (Å²) < 4.78 is 18.3. The highest BCUT2D eigenvalue weighted by molar-refractivity contribution is 5.95. The maximum Gasteiger partial charge on any atom is 0.258 e. The van der Waals surface area contributed by atoms with Crippen LogP contribution in [0.3, 0.4) is 0 Å². The van der Waals surface area contributed by atoms with Gasteiger partial charge in [-0.25, -0.2) is 4.39 Å². The lowest BCUT2D eigenvalue weighted by atomic mass is 10.1. The zero-order valence-corrected chi connectivity index (χ0v) is 14.9. The van der Waals surface area contributed by atoms with Crippen molar-refractivity contribution in [3.05, 3.63) is 59.9 Å². The van der Waals surface area contributed by atoms with Gasteiger partial charge in [0.1, 0.15) is 5.82 Å². The van der Waals surface area contributed by atoms with Gasteiger partial charge >= 0.3 is 0 Å². The maximum absolute atomic E-state index is 13.0. The summed E-state index contributed by atoms with van der Waals surface area (Å²) in [4.78, 5) is 18.9. The van der Waals surface area contributed by atoms with E-state index in [4.69, 9.17) is 4.52 Å². The van der Waals surface area contributed by atoms with Gasteiger partial charge in [-0.05, 0) is 43.3 Å². The van der Waals surface area contributed by atoms with Crippen LogP contribution in [-0.2, 0) is 0 Å². The highest BCUT2D eigenvalue weighted by atomic mass is 19.1. The number of carbonyl (C=O) groups is 1. The molecule has 2 heterocycles. The lowest BCUT2D eigenvalue weighted by Crippen LogP contribution is -2.52. The van der Waals surface area contributed by atoms with Gasteiger partial charge in [0.15, 0.2) is 0 Å². The minimum absolute atomic E-state index is 0.0238. The van der Waals surface area contributed by atoms with Gasteiger partial charge in [-0.15, -0.1) is 0 Å². The fraction of sp³-hybridized carbons (Fsp3) is 0.250. The second-order valence-electron chi connectivity index (χ2n) is 6.56. The van der Waals surface area contributed by atoms with E-state index >= 15 is 0 Å². The van der Waals surface area contributed by atoms with Gasteiger partial charge in [-0.2, -0.15) is 4.98 Å². The molecule has 27 heavy (non-hydrogen) atoms. The SMILES string of the molecule is C[C@H]1CNCCN1C(=O)c1ccc(-c2noc(-c3ccc(F)cc3)n2)cc1. The molecular formula is C20H19FN4O2. The van der Waals surface area contributed by atoms with E-state index in [-0.39, 0.29) is 17.8 Å². The van der Waals surface area contributed by atoms with Crippen molar-refractivity contribution in [2.45, 2.75) is 13.0 Å². The van der Waals surface area contributed by atoms with Gasteiger partial charge in [-0.1, -0.05) is 17.3 Å². The van der Waals surface area contributed by atoms with Crippen molar-refractivity contribution in [3.63, 3.8) is 0 Å². The molecule has 0 aliphatic carbocycles. The molecule has 138 valence electrons. The summed E-state index contributed by atoms with van der Waals surface area (Å²) in [5, 5.41) is 7.26. The van der Waals surface area contributed by atoms with E-state index in [0.29, 0.717) is 29.4 Å². The molecule has 1 amide bonds. The number of amides is 1. The first-order chi connectivity index (χ1) is 13.1. The normalized spacial score (nSPS) is 17.1. The van der Waals surface area contributed by atoms with Crippen molar-refractivity contribution in [1.82, 2.24) is 20.4 Å². The van der Waals surface area contributed by atoms with E-state index in [2.05, 4.69) is 15.5 Å². The zero-order chi connectivity index (χ0) is 18.8. The molecule has 1 N–H and O–H groups in total. The van der Waals surface area contributed by atoms with Crippen LogP contribution in [0.15, 0.2) is 53.1 Å². The van der Waals surface area contributed by atoms with Crippen LogP contribution in [0.25, 0.3) is 22.8 Å². The van der Waals surface area contributed by atoms with E-state index in [9.17, 15) is 9.18 Å². The lowest BCUT2D eigenvalue weighted by molar-refractivity contribution is 0.0656. The number of aromatic nitrogens is 2. The average Bonchev–Trinajstić information content (AvgIpc) is 3.19. The molecule has 1 aliphatic heterocycles. The first-order valence-electron chi connectivity index (χ1n) is 8.83. The molecule has 1 atom stereocenters. The number of nitrogens with zero attached hydrogens (tertiary/aromatic N) is 3. The van der Waals surface area contributed by atoms with Crippen LogP contribution in [-0.4, -0.2) is 46.6 Å². The summed E-state index contributed by atoms with van der Waals surface area (Å²) >= 11 is 0. The highest BCUT2D eigenvalue weighted by Gasteiger charge is 2.24. The van der Waals surface area contributed by atoms with Crippen molar-refractivity contribution < 1.29 is 13.7 Å². The van der Waals surface area contributed by atoms with E-state index < -0.39 is 0 Å². The van der Waals surface area contributed by atoms with Gasteiger partial charge < -0.3 is 14.7 Å². The van der Waals surface area contributed by atoms with Crippen molar-refractivity contribution in [2.24, 2.45) is 0 Å². The van der Waals surface area contributed by atoms with Crippen molar-refractivity contribution in [1.29, 1.82) is 0 Å². The van der Waals surface area contributed by atoms with Crippen LogP contribution in [0.2, 0.25) is 0 Å². The summed E-state index contributed by atoms with van der Waals surface area (Å²) in [6.07, 6.45) is 0. The average molecular weight is 366 g/mol. The first-order valence-corrected chi connectivity index (χ1v) is 8.83. The summed E-state index contributed by atoms with van der Waals surface area (Å²) in [5.41, 5.74) is 2.03. The Labute approximate surface area is 156 Å². The van der Waals surface area contributed by atoms with Gasteiger partial charge in [-0.3, -0.25) is 4.79 Å². The van der Waals surface area contributed by atoms with Crippen LogP contribution in [0.1, 0.15) is 17.3 Å². The topological polar surface area (TPSA) is 71.3 Å². The van der Waals surface area contributed by atoms with Gasteiger partial charge in [0.2, 0.25) is 5.82 Å². The zero-order valence-electron chi connectivity index (χ0n) is 14.9. The molecule has 0 spiro atoms. The third kappa shape index (κ3) is 3.59. The fourth-order valence-electron chi connectivity index (χ4n) is 3.12. The number of benzene rings is 2. The minimum atomic E-state index is -0.322. The Kier molecular flexibility index (Phi) is 4.68. The number of halogens is 1. The van der Waals surface area contributed by atoms with Crippen LogP contribution in [0.4, 0.5) is 4.39 Å². The van der Waals surface area contributed by atoms with Crippen LogP contribution in [0, 0.1) is 5.82 Å². The summed E-state index contributed by atoms with van der Waals surface area (Å²) in [6.45, 7) is 4.35. The van der Waals surface area contributed by atoms with Gasteiger partial charge in [0, 0.05) is 42.4 Å². The molecule has 1 aliphatic rings. The predicted octanol–water partition coefficient (Wildman–Crippen LogP) is 2.98. The summed E-state index contributed by atoms with van der Waals surface area (Å²) in [7, 11) is 0. The number of carbonyl (C=O) groups excluding carboxylic acids is 1. The monoisotopic (exact) mass is 366 g/mol. The smallest absolute Gasteiger partial charge is 0.258 e. The predicted molar refractivity (Wildman–Crippen MR) is 98.5 cm³/mol.